The highest BCUT2D eigenvalue weighted by Gasteiger charge is 2.23. The average Bonchev–Trinajstić information content (AvgIpc) is 2.97. The minimum atomic E-state index is 0.0801. The van der Waals surface area contributed by atoms with Crippen LogP contribution in [0.4, 0.5) is 0 Å². The summed E-state index contributed by atoms with van der Waals surface area (Å²) in [5.74, 6) is 0.643. The Labute approximate surface area is 114 Å². The van der Waals surface area contributed by atoms with Crippen molar-refractivity contribution >= 4 is 5.91 Å². The highest BCUT2D eigenvalue weighted by Crippen LogP contribution is 2.26. The predicted molar refractivity (Wildman–Crippen MR) is 74.4 cm³/mol. The van der Waals surface area contributed by atoms with Crippen LogP contribution in [0, 0.1) is 5.92 Å². The molecule has 1 atom stereocenters. The van der Waals surface area contributed by atoms with Crippen LogP contribution in [0.3, 0.4) is 0 Å². The summed E-state index contributed by atoms with van der Waals surface area (Å²) < 4.78 is 1.78. The second kappa shape index (κ2) is 7.28. The number of amides is 1. The minimum Gasteiger partial charge on any atom is -0.352 e. The zero-order valence-electron chi connectivity index (χ0n) is 11.4. The van der Waals surface area contributed by atoms with Crippen molar-refractivity contribution in [2.75, 3.05) is 6.54 Å². The lowest BCUT2D eigenvalue weighted by atomic mass is 9.84. The van der Waals surface area contributed by atoms with E-state index in [9.17, 15) is 4.79 Å². The minimum absolute atomic E-state index is 0.0801. The number of hydrogen-bond acceptors (Lipinski definition) is 3. The number of nitrogens with zero attached hydrogens (tertiary/aromatic N) is 2. The van der Waals surface area contributed by atoms with E-state index in [-0.39, 0.29) is 11.9 Å². The van der Waals surface area contributed by atoms with Gasteiger partial charge in [0.15, 0.2) is 0 Å². The summed E-state index contributed by atoms with van der Waals surface area (Å²) in [6.07, 6.45) is 10.3. The molecule has 106 valence electrons. The molecule has 1 amide bonds. The van der Waals surface area contributed by atoms with Crippen LogP contribution in [0.5, 0.6) is 0 Å². The molecule has 0 bridgehead atoms. The molecule has 1 fully saturated rings. The molecule has 0 aliphatic heterocycles. The first-order chi connectivity index (χ1) is 9.29. The fraction of sp³-hybridized carbons (Fsp3) is 0.714. The van der Waals surface area contributed by atoms with E-state index in [2.05, 4.69) is 10.4 Å². The Hall–Kier alpha value is -1.36. The van der Waals surface area contributed by atoms with Gasteiger partial charge in [-0.3, -0.25) is 9.48 Å². The van der Waals surface area contributed by atoms with Gasteiger partial charge in [-0.15, -0.1) is 0 Å². The molecule has 1 unspecified atom stereocenters. The maximum absolute atomic E-state index is 11.9. The zero-order valence-corrected chi connectivity index (χ0v) is 11.4. The van der Waals surface area contributed by atoms with Crippen molar-refractivity contribution in [2.45, 2.75) is 51.1 Å². The summed E-state index contributed by atoms with van der Waals surface area (Å²) in [5.41, 5.74) is 5.81. The van der Waals surface area contributed by atoms with Crippen molar-refractivity contribution < 1.29 is 4.79 Å². The average molecular weight is 264 g/mol. The van der Waals surface area contributed by atoms with Gasteiger partial charge in [0.25, 0.3) is 0 Å². The summed E-state index contributed by atoms with van der Waals surface area (Å²) in [6, 6.07) is 2.01. The van der Waals surface area contributed by atoms with Gasteiger partial charge in [-0.2, -0.15) is 5.10 Å². The first-order valence-electron chi connectivity index (χ1n) is 7.26. The molecular formula is C14H24N4O. The summed E-state index contributed by atoms with van der Waals surface area (Å²) in [5, 5.41) is 7.18. The molecular weight excluding hydrogens is 240 g/mol. The van der Waals surface area contributed by atoms with E-state index in [1.807, 2.05) is 12.3 Å². The van der Waals surface area contributed by atoms with Gasteiger partial charge in [-0.25, -0.2) is 0 Å². The molecule has 5 heteroatoms. The van der Waals surface area contributed by atoms with Gasteiger partial charge in [0, 0.05) is 37.9 Å². The monoisotopic (exact) mass is 264 g/mol. The van der Waals surface area contributed by atoms with Crippen LogP contribution in [0.2, 0.25) is 0 Å². The van der Waals surface area contributed by atoms with Crippen LogP contribution in [-0.2, 0) is 11.3 Å². The van der Waals surface area contributed by atoms with Gasteiger partial charge in [0.05, 0.1) is 0 Å². The number of carbonyl (C=O) groups excluding carboxylic acids is 1. The van der Waals surface area contributed by atoms with E-state index in [1.54, 1.807) is 10.9 Å². The Morgan fingerprint density at radius 1 is 1.42 bits per heavy atom. The summed E-state index contributed by atoms with van der Waals surface area (Å²) >= 11 is 0. The molecule has 0 aromatic carbocycles. The summed E-state index contributed by atoms with van der Waals surface area (Å²) in [7, 11) is 0. The third kappa shape index (κ3) is 4.35. The molecule has 1 aromatic rings. The lowest BCUT2D eigenvalue weighted by Crippen LogP contribution is -2.46. The number of nitrogens with two attached hydrogens (primary N) is 1. The van der Waals surface area contributed by atoms with Gasteiger partial charge < -0.3 is 11.1 Å². The first-order valence-corrected chi connectivity index (χ1v) is 7.26. The molecule has 19 heavy (non-hydrogen) atoms. The SMILES string of the molecule is NCC(NC(=O)CCn1cccn1)C1CCCCC1. The van der Waals surface area contributed by atoms with Crippen molar-refractivity contribution in [2.24, 2.45) is 11.7 Å². The highest BCUT2D eigenvalue weighted by atomic mass is 16.1. The Bertz CT molecular complexity index is 371. The van der Waals surface area contributed by atoms with Crippen LogP contribution in [0.15, 0.2) is 18.5 Å². The number of nitrogens with one attached hydrogen (secondary N) is 1. The number of aromatic nitrogens is 2. The molecule has 0 spiro atoms. The maximum atomic E-state index is 11.9. The van der Waals surface area contributed by atoms with Crippen LogP contribution < -0.4 is 11.1 Å². The largest absolute Gasteiger partial charge is 0.352 e. The number of aryl methyl sites for hydroxylation is 1. The molecule has 1 aromatic heterocycles. The fourth-order valence-corrected chi connectivity index (χ4v) is 2.83. The molecule has 1 aliphatic carbocycles. The van der Waals surface area contributed by atoms with Gasteiger partial charge in [0.1, 0.15) is 0 Å². The number of carbonyl (C=O) groups is 1. The topological polar surface area (TPSA) is 72.9 Å². The molecule has 1 saturated carbocycles. The van der Waals surface area contributed by atoms with E-state index in [0.29, 0.717) is 25.4 Å². The Balaban J connectivity index is 1.75. The second-order valence-electron chi connectivity index (χ2n) is 5.33. The lowest BCUT2D eigenvalue weighted by molar-refractivity contribution is -0.122. The van der Waals surface area contributed by atoms with Crippen molar-refractivity contribution in [1.82, 2.24) is 15.1 Å². The molecule has 5 nitrogen and oxygen atoms in total. The molecule has 1 heterocycles. The smallest absolute Gasteiger partial charge is 0.222 e. The summed E-state index contributed by atoms with van der Waals surface area (Å²) in [6.45, 7) is 1.17. The lowest BCUT2D eigenvalue weighted by Gasteiger charge is -2.30. The summed E-state index contributed by atoms with van der Waals surface area (Å²) in [4.78, 5) is 11.9. The van der Waals surface area contributed by atoms with Crippen LogP contribution in [-0.4, -0.2) is 28.3 Å². The Morgan fingerprint density at radius 3 is 2.84 bits per heavy atom. The number of rotatable bonds is 6. The number of hydrogen-bond donors (Lipinski definition) is 2. The van der Waals surface area contributed by atoms with Crippen LogP contribution in [0.25, 0.3) is 0 Å². The maximum Gasteiger partial charge on any atom is 0.222 e. The molecule has 3 N–H and O–H groups in total. The van der Waals surface area contributed by atoms with Crippen molar-refractivity contribution in [1.29, 1.82) is 0 Å². The van der Waals surface area contributed by atoms with Gasteiger partial charge in [-0.1, -0.05) is 19.3 Å². The quantitative estimate of drug-likeness (QED) is 0.813. The fourth-order valence-electron chi connectivity index (χ4n) is 2.83. The van der Waals surface area contributed by atoms with Crippen molar-refractivity contribution in [3.05, 3.63) is 18.5 Å². The third-order valence-corrected chi connectivity index (χ3v) is 3.95. The van der Waals surface area contributed by atoms with E-state index in [4.69, 9.17) is 5.73 Å². The zero-order chi connectivity index (χ0) is 13.5. The normalized spacial score (nSPS) is 18.2. The van der Waals surface area contributed by atoms with E-state index < -0.39 is 0 Å². The molecule has 0 saturated heterocycles. The molecule has 0 radical (unpaired) electrons. The van der Waals surface area contributed by atoms with Gasteiger partial charge in [-0.05, 0) is 24.8 Å². The second-order valence-corrected chi connectivity index (χ2v) is 5.33. The standard InChI is InChI=1S/C14H24N4O/c15-11-13(12-5-2-1-3-6-12)17-14(19)7-10-18-9-4-8-16-18/h4,8-9,12-13H,1-3,5-7,10-11,15H2,(H,17,19). The Morgan fingerprint density at radius 2 is 2.21 bits per heavy atom. The van der Waals surface area contributed by atoms with Crippen LogP contribution in [0.1, 0.15) is 38.5 Å². The third-order valence-electron chi connectivity index (χ3n) is 3.95. The van der Waals surface area contributed by atoms with E-state index in [1.165, 1.54) is 32.1 Å². The van der Waals surface area contributed by atoms with Gasteiger partial charge >= 0.3 is 0 Å². The van der Waals surface area contributed by atoms with E-state index >= 15 is 0 Å². The molecule has 2 rings (SSSR count). The first kappa shape index (κ1) is 14.1. The molecule has 1 aliphatic rings. The van der Waals surface area contributed by atoms with Gasteiger partial charge in [0.2, 0.25) is 5.91 Å². The Kier molecular flexibility index (Phi) is 5.39. The highest BCUT2D eigenvalue weighted by molar-refractivity contribution is 5.76. The van der Waals surface area contributed by atoms with Crippen LogP contribution >= 0.6 is 0 Å². The predicted octanol–water partition coefficient (Wildman–Crippen LogP) is 1.30. The van der Waals surface area contributed by atoms with Crippen molar-refractivity contribution in [3.63, 3.8) is 0 Å². The van der Waals surface area contributed by atoms with Crippen molar-refractivity contribution in [3.8, 4) is 0 Å². The van der Waals surface area contributed by atoms with E-state index in [0.717, 1.165) is 0 Å².